The number of halogens is 1. The number of anilines is 4. The second kappa shape index (κ2) is 7.84. The molecule has 1 aliphatic heterocycles. The lowest BCUT2D eigenvalue weighted by Crippen LogP contribution is -2.46. The summed E-state index contributed by atoms with van der Waals surface area (Å²) in [7, 11) is 0. The van der Waals surface area contributed by atoms with Crippen molar-refractivity contribution in [3.63, 3.8) is 0 Å². The minimum Gasteiger partial charge on any atom is -0.368 e. The summed E-state index contributed by atoms with van der Waals surface area (Å²) < 4.78 is 13.1. The van der Waals surface area contributed by atoms with Crippen LogP contribution in [0.3, 0.4) is 0 Å². The van der Waals surface area contributed by atoms with Crippen LogP contribution in [0, 0.1) is 19.7 Å². The van der Waals surface area contributed by atoms with Gasteiger partial charge in [0.1, 0.15) is 11.6 Å². The van der Waals surface area contributed by atoms with E-state index in [1.165, 1.54) is 23.3 Å². The average Bonchev–Trinajstić information content (AvgIpc) is 2.71. The van der Waals surface area contributed by atoms with Gasteiger partial charge in [-0.1, -0.05) is 17.7 Å². The summed E-state index contributed by atoms with van der Waals surface area (Å²) in [6, 6.07) is 14.9. The molecule has 0 atom stereocenters. The SMILES string of the molecule is Cc1ccc(Nc2nccc(N3CCN(c4ccc(F)cc4)CC3)n2)c(C)c1. The maximum absolute atomic E-state index is 13.1. The molecule has 1 N–H and O–H groups in total. The van der Waals surface area contributed by atoms with Gasteiger partial charge >= 0.3 is 0 Å². The van der Waals surface area contributed by atoms with E-state index in [0.29, 0.717) is 5.95 Å². The number of aromatic nitrogens is 2. The van der Waals surface area contributed by atoms with Crippen LogP contribution in [0.25, 0.3) is 0 Å². The molecule has 1 saturated heterocycles. The molecule has 0 amide bonds. The summed E-state index contributed by atoms with van der Waals surface area (Å²) in [4.78, 5) is 13.6. The zero-order valence-electron chi connectivity index (χ0n) is 16.2. The monoisotopic (exact) mass is 377 g/mol. The van der Waals surface area contributed by atoms with Crippen LogP contribution in [0.4, 0.5) is 27.5 Å². The third-order valence-electron chi connectivity index (χ3n) is 5.06. The van der Waals surface area contributed by atoms with Crippen LogP contribution >= 0.6 is 0 Å². The van der Waals surface area contributed by atoms with E-state index < -0.39 is 0 Å². The molecule has 1 fully saturated rings. The highest BCUT2D eigenvalue weighted by molar-refractivity contribution is 5.60. The first-order valence-electron chi connectivity index (χ1n) is 9.51. The quantitative estimate of drug-likeness (QED) is 0.734. The number of hydrogen-bond acceptors (Lipinski definition) is 5. The van der Waals surface area contributed by atoms with Crippen molar-refractivity contribution >= 4 is 23.1 Å². The normalized spacial score (nSPS) is 14.2. The maximum atomic E-state index is 13.1. The van der Waals surface area contributed by atoms with Crippen LogP contribution in [0.15, 0.2) is 54.7 Å². The minimum atomic E-state index is -0.202. The maximum Gasteiger partial charge on any atom is 0.229 e. The standard InChI is InChI=1S/C22H24FN5/c1-16-3-8-20(17(2)15-16)25-22-24-10-9-21(26-22)28-13-11-27(12-14-28)19-6-4-18(23)5-7-19/h3-10,15H,11-14H2,1-2H3,(H,24,25,26). The molecule has 3 aromatic rings. The highest BCUT2D eigenvalue weighted by Crippen LogP contribution is 2.22. The van der Waals surface area contributed by atoms with Gasteiger partial charge in [0.25, 0.3) is 0 Å². The summed E-state index contributed by atoms with van der Waals surface area (Å²) in [5, 5.41) is 3.32. The Morgan fingerprint density at radius 2 is 1.61 bits per heavy atom. The Hall–Kier alpha value is -3.15. The van der Waals surface area contributed by atoms with Gasteiger partial charge in [0.05, 0.1) is 0 Å². The van der Waals surface area contributed by atoms with Crippen LogP contribution < -0.4 is 15.1 Å². The molecule has 6 heteroatoms. The summed E-state index contributed by atoms with van der Waals surface area (Å²) in [6.07, 6.45) is 1.79. The van der Waals surface area contributed by atoms with E-state index in [-0.39, 0.29) is 5.82 Å². The van der Waals surface area contributed by atoms with E-state index in [9.17, 15) is 4.39 Å². The van der Waals surface area contributed by atoms with Gasteiger partial charge in [0.2, 0.25) is 5.95 Å². The van der Waals surface area contributed by atoms with Crippen molar-refractivity contribution in [2.75, 3.05) is 41.3 Å². The molecule has 28 heavy (non-hydrogen) atoms. The average molecular weight is 377 g/mol. The van der Waals surface area contributed by atoms with Crippen LogP contribution in [0.5, 0.6) is 0 Å². The van der Waals surface area contributed by atoms with E-state index in [1.807, 2.05) is 18.2 Å². The molecular weight excluding hydrogens is 353 g/mol. The van der Waals surface area contributed by atoms with Crippen molar-refractivity contribution in [2.45, 2.75) is 13.8 Å². The summed E-state index contributed by atoms with van der Waals surface area (Å²) in [5.41, 5.74) is 4.48. The van der Waals surface area contributed by atoms with Gasteiger partial charge in [-0.15, -0.1) is 0 Å². The molecule has 0 unspecified atom stereocenters. The number of benzene rings is 2. The topological polar surface area (TPSA) is 44.3 Å². The zero-order chi connectivity index (χ0) is 19.5. The number of hydrogen-bond donors (Lipinski definition) is 1. The molecule has 0 aliphatic carbocycles. The first-order valence-corrected chi connectivity index (χ1v) is 9.51. The smallest absolute Gasteiger partial charge is 0.229 e. The lowest BCUT2D eigenvalue weighted by molar-refractivity contribution is 0.624. The first kappa shape index (κ1) is 18.2. The Labute approximate surface area is 164 Å². The molecule has 1 aromatic heterocycles. The van der Waals surface area contributed by atoms with E-state index >= 15 is 0 Å². The fourth-order valence-corrected chi connectivity index (χ4v) is 3.51. The van der Waals surface area contributed by atoms with Crippen molar-refractivity contribution in [1.82, 2.24) is 9.97 Å². The van der Waals surface area contributed by atoms with Crippen molar-refractivity contribution < 1.29 is 4.39 Å². The van der Waals surface area contributed by atoms with Gasteiger partial charge < -0.3 is 15.1 Å². The lowest BCUT2D eigenvalue weighted by atomic mass is 10.1. The fourth-order valence-electron chi connectivity index (χ4n) is 3.51. The van der Waals surface area contributed by atoms with Crippen molar-refractivity contribution in [2.24, 2.45) is 0 Å². The number of rotatable bonds is 4. The number of aryl methyl sites for hydroxylation is 2. The third-order valence-corrected chi connectivity index (χ3v) is 5.06. The van der Waals surface area contributed by atoms with Gasteiger partial charge in [0, 0.05) is 43.8 Å². The van der Waals surface area contributed by atoms with E-state index in [4.69, 9.17) is 4.98 Å². The molecule has 0 bridgehead atoms. The molecule has 0 saturated carbocycles. The fraction of sp³-hybridized carbons (Fsp3) is 0.273. The Bertz CT molecular complexity index is 949. The number of nitrogens with one attached hydrogen (secondary N) is 1. The summed E-state index contributed by atoms with van der Waals surface area (Å²) in [5.74, 6) is 1.32. The molecule has 0 spiro atoms. The number of piperazine rings is 1. The molecule has 1 aliphatic rings. The molecule has 2 heterocycles. The highest BCUT2D eigenvalue weighted by Gasteiger charge is 2.19. The van der Waals surface area contributed by atoms with Gasteiger partial charge in [-0.25, -0.2) is 9.37 Å². The predicted molar refractivity (Wildman–Crippen MR) is 112 cm³/mol. The largest absolute Gasteiger partial charge is 0.368 e. The summed E-state index contributed by atoms with van der Waals surface area (Å²) in [6.45, 7) is 7.62. The van der Waals surface area contributed by atoms with Gasteiger partial charge in [0.15, 0.2) is 0 Å². The molecule has 144 valence electrons. The Morgan fingerprint density at radius 3 is 2.32 bits per heavy atom. The predicted octanol–water partition coefficient (Wildman–Crippen LogP) is 4.30. The van der Waals surface area contributed by atoms with Crippen molar-refractivity contribution in [3.05, 3.63) is 71.7 Å². The Balaban J connectivity index is 1.43. The zero-order valence-corrected chi connectivity index (χ0v) is 16.2. The van der Waals surface area contributed by atoms with Gasteiger partial charge in [-0.3, -0.25) is 0 Å². The van der Waals surface area contributed by atoms with Crippen molar-refractivity contribution in [1.29, 1.82) is 0 Å². The molecule has 4 rings (SSSR count). The van der Waals surface area contributed by atoms with E-state index in [0.717, 1.165) is 43.4 Å². The second-order valence-electron chi connectivity index (χ2n) is 7.13. The van der Waals surface area contributed by atoms with Crippen LogP contribution in [0.1, 0.15) is 11.1 Å². The molecule has 5 nitrogen and oxygen atoms in total. The Kier molecular flexibility index (Phi) is 5.10. The van der Waals surface area contributed by atoms with Crippen molar-refractivity contribution in [3.8, 4) is 0 Å². The van der Waals surface area contributed by atoms with Crippen LogP contribution in [0.2, 0.25) is 0 Å². The Morgan fingerprint density at radius 1 is 0.893 bits per heavy atom. The lowest BCUT2D eigenvalue weighted by Gasteiger charge is -2.36. The highest BCUT2D eigenvalue weighted by atomic mass is 19.1. The van der Waals surface area contributed by atoms with E-state index in [2.05, 4.69) is 52.1 Å². The minimum absolute atomic E-state index is 0.202. The van der Waals surface area contributed by atoms with Crippen LogP contribution in [-0.4, -0.2) is 36.1 Å². The molecule has 2 aromatic carbocycles. The number of nitrogens with zero attached hydrogens (tertiary/aromatic N) is 4. The molecular formula is C22H24FN5. The van der Waals surface area contributed by atoms with E-state index in [1.54, 1.807) is 6.20 Å². The van der Waals surface area contributed by atoms with Crippen LogP contribution in [-0.2, 0) is 0 Å². The molecule has 0 radical (unpaired) electrons. The third kappa shape index (κ3) is 4.06. The first-order chi connectivity index (χ1) is 13.6. The van der Waals surface area contributed by atoms with Gasteiger partial charge in [-0.05, 0) is 55.8 Å². The second-order valence-corrected chi connectivity index (χ2v) is 7.13. The van der Waals surface area contributed by atoms with Gasteiger partial charge in [-0.2, -0.15) is 4.98 Å². The summed E-state index contributed by atoms with van der Waals surface area (Å²) >= 11 is 0.